The van der Waals surface area contributed by atoms with Gasteiger partial charge in [0.2, 0.25) is 5.91 Å². The third kappa shape index (κ3) is 71.4. The molecule has 6 heteroatoms. The van der Waals surface area contributed by atoms with Crippen molar-refractivity contribution in [3.63, 3.8) is 0 Å². The van der Waals surface area contributed by atoms with Gasteiger partial charge in [-0.3, -0.25) is 9.59 Å². The van der Waals surface area contributed by atoms with E-state index in [1.54, 1.807) is 6.08 Å². The molecule has 0 aromatic rings. The van der Waals surface area contributed by atoms with E-state index < -0.39 is 12.1 Å². The van der Waals surface area contributed by atoms with Crippen LogP contribution < -0.4 is 5.32 Å². The predicted octanol–water partition coefficient (Wildman–Crippen LogP) is 26.0. The maximum Gasteiger partial charge on any atom is 0.305 e. The summed E-state index contributed by atoms with van der Waals surface area (Å²) in [5, 5.41) is 23.3. The van der Waals surface area contributed by atoms with Crippen LogP contribution in [0.25, 0.3) is 0 Å². The Morgan fingerprint density at radius 2 is 0.547 bits per heavy atom. The minimum Gasteiger partial charge on any atom is -0.466 e. The Bertz CT molecular complexity index is 1350. The SMILES string of the molecule is CCCCCCCCCCCCCCCCCCCCCCC/C=C/C(O)C(CO)NC(=O)CCCCCCCCCCCCCCCCCCC/C=C\CCCCCCCCCCCCCCCCOC(=O)CCCCCCCCCCCCC. The van der Waals surface area contributed by atoms with Gasteiger partial charge in [0, 0.05) is 12.8 Å². The molecule has 0 fully saturated rings. The number of nitrogens with one attached hydrogen (secondary N) is 1. The number of aliphatic hydroxyl groups is 2. The van der Waals surface area contributed by atoms with Crippen LogP contribution in [0, 0.1) is 0 Å². The molecule has 0 rings (SSSR count). The molecule has 3 N–H and O–H groups in total. The first-order valence-corrected chi connectivity index (χ1v) is 39.6. The lowest BCUT2D eigenvalue weighted by Crippen LogP contribution is -2.45. The fourth-order valence-electron chi connectivity index (χ4n) is 12.7. The molecule has 2 atom stereocenters. The number of allylic oxidation sites excluding steroid dienone is 3. The molecule has 0 heterocycles. The average molecular weight is 1210 g/mol. The molecule has 2 unspecified atom stereocenters. The van der Waals surface area contributed by atoms with Crippen LogP contribution in [0.3, 0.4) is 0 Å². The number of carbonyl (C=O) groups is 2. The lowest BCUT2D eigenvalue weighted by molar-refractivity contribution is -0.143. The van der Waals surface area contributed by atoms with Crippen molar-refractivity contribution in [2.45, 2.75) is 463 Å². The molecule has 0 spiro atoms. The quantitative estimate of drug-likeness (QED) is 0.0320. The number of hydrogen-bond acceptors (Lipinski definition) is 5. The average Bonchev–Trinajstić information content (AvgIpc) is 3.58. The molecule has 1 amide bonds. The van der Waals surface area contributed by atoms with E-state index in [1.807, 2.05) is 6.08 Å². The normalized spacial score (nSPS) is 12.6. The second-order valence-corrected chi connectivity index (χ2v) is 27.4. The Kier molecular flexibility index (Phi) is 74.3. The van der Waals surface area contributed by atoms with E-state index in [-0.39, 0.29) is 18.5 Å². The summed E-state index contributed by atoms with van der Waals surface area (Å²) >= 11 is 0. The first-order chi connectivity index (χ1) is 42.5. The Balaban J connectivity index is 3.37. The zero-order chi connectivity index (χ0) is 62.0. The number of carbonyl (C=O) groups excluding carboxylic acids is 2. The summed E-state index contributed by atoms with van der Waals surface area (Å²) in [7, 11) is 0. The molecule has 0 aromatic carbocycles. The van der Waals surface area contributed by atoms with Crippen LogP contribution >= 0.6 is 0 Å². The highest BCUT2D eigenvalue weighted by molar-refractivity contribution is 5.76. The first kappa shape index (κ1) is 84.3. The highest BCUT2D eigenvalue weighted by Gasteiger charge is 2.18. The Morgan fingerprint density at radius 1 is 0.314 bits per heavy atom. The van der Waals surface area contributed by atoms with Gasteiger partial charge in [-0.25, -0.2) is 0 Å². The van der Waals surface area contributed by atoms with Gasteiger partial charge in [-0.2, -0.15) is 0 Å². The Morgan fingerprint density at radius 3 is 0.826 bits per heavy atom. The van der Waals surface area contributed by atoms with E-state index in [4.69, 9.17) is 4.74 Å². The predicted molar refractivity (Wildman–Crippen MR) is 380 cm³/mol. The van der Waals surface area contributed by atoms with Crippen LogP contribution in [0.1, 0.15) is 450 Å². The van der Waals surface area contributed by atoms with E-state index in [1.165, 1.54) is 385 Å². The number of ether oxygens (including phenoxy) is 1. The summed E-state index contributed by atoms with van der Waals surface area (Å²) in [4.78, 5) is 24.6. The van der Waals surface area contributed by atoms with Crippen molar-refractivity contribution in [1.82, 2.24) is 5.32 Å². The van der Waals surface area contributed by atoms with Gasteiger partial charge in [-0.1, -0.05) is 404 Å². The number of rotatable bonds is 75. The van der Waals surface area contributed by atoms with E-state index in [2.05, 4.69) is 31.3 Å². The minimum atomic E-state index is -0.843. The van der Waals surface area contributed by atoms with E-state index in [0.29, 0.717) is 19.4 Å². The van der Waals surface area contributed by atoms with E-state index >= 15 is 0 Å². The monoisotopic (exact) mass is 1210 g/mol. The van der Waals surface area contributed by atoms with Gasteiger partial charge in [-0.15, -0.1) is 0 Å². The fraction of sp³-hybridized carbons (Fsp3) is 0.925. The molecular weight excluding hydrogens is 1050 g/mol. The molecule has 86 heavy (non-hydrogen) atoms. The topological polar surface area (TPSA) is 95.9 Å². The smallest absolute Gasteiger partial charge is 0.305 e. The summed E-state index contributed by atoms with van der Waals surface area (Å²) < 4.78 is 5.48. The standard InChI is InChI=1S/C80H155NO5/c1-3-5-7-9-11-13-15-16-17-18-19-20-34-37-40-43-46-49-53-56-60-64-68-72-78(83)77(76-82)81-79(84)73-69-65-61-57-54-50-47-44-41-38-35-32-30-28-26-24-22-21-23-25-27-29-31-33-36-39-42-45-48-51-55-59-63-67-71-75-86-80(85)74-70-66-62-58-52-14-12-10-8-6-4-2/h23,25,68,72,77-78,82-83H,3-22,24,26-67,69-71,73-76H2,1-2H3,(H,81,84)/b25-23-,72-68+. The second kappa shape index (κ2) is 75.8. The van der Waals surface area contributed by atoms with Gasteiger partial charge < -0.3 is 20.3 Å². The third-order valence-electron chi connectivity index (χ3n) is 18.7. The second-order valence-electron chi connectivity index (χ2n) is 27.4. The lowest BCUT2D eigenvalue weighted by atomic mass is 10.0. The zero-order valence-corrected chi connectivity index (χ0v) is 58.6. The molecule has 0 aliphatic rings. The van der Waals surface area contributed by atoms with Gasteiger partial charge in [0.25, 0.3) is 0 Å². The number of amides is 1. The third-order valence-corrected chi connectivity index (χ3v) is 18.7. The van der Waals surface area contributed by atoms with Crippen molar-refractivity contribution >= 4 is 11.9 Å². The van der Waals surface area contributed by atoms with Gasteiger partial charge in [0.05, 0.1) is 25.4 Å². The summed E-state index contributed by atoms with van der Waals surface area (Å²) in [6, 6.07) is -0.626. The van der Waals surface area contributed by atoms with Crippen molar-refractivity contribution in [2.75, 3.05) is 13.2 Å². The maximum absolute atomic E-state index is 12.5. The molecule has 0 radical (unpaired) electrons. The van der Waals surface area contributed by atoms with Crippen LogP contribution in [-0.2, 0) is 14.3 Å². The largest absolute Gasteiger partial charge is 0.466 e. The van der Waals surface area contributed by atoms with E-state index in [9.17, 15) is 19.8 Å². The molecule has 0 bridgehead atoms. The number of hydrogen-bond donors (Lipinski definition) is 3. The minimum absolute atomic E-state index is 0.0205. The lowest BCUT2D eigenvalue weighted by Gasteiger charge is -2.20. The van der Waals surface area contributed by atoms with Crippen molar-refractivity contribution in [2.24, 2.45) is 0 Å². The maximum atomic E-state index is 12.5. The van der Waals surface area contributed by atoms with Crippen LogP contribution in [0.2, 0.25) is 0 Å². The first-order valence-electron chi connectivity index (χ1n) is 39.6. The molecule has 0 aliphatic heterocycles. The molecule has 0 aromatic heterocycles. The molecule has 510 valence electrons. The zero-order valence-electron chi connectivity index (χ0n) is 58.6. The van der Waals surface area contributed by atoms with Crippen molar-refractivity contribution in [3.8, 4) is 0 Å². The van der Waals surface area contributed by atoms with Crippen LogP contribution in [0.4, 0.5) is 0 Å². The molecule has 0 aliphatic carbocycles. The number of aliphatic hydroxyl groups excluding tert-OH is 2. The highest BCUT2D eigenvalue weighted by Crippen LogP contribution is 2.20. The summed E-state index contributed by atoms with van der Waals surface area (Å²) in [6.07, 6.45) is 97.4. The van der Waals surface area contributed by atoms with Crippen LogP contribution in [0.5, 0.6) is 0 Å². The van der Waals surface area contributed by atoms with Crippen molar-refractivity contribution in [3.05, 3.63) is 24.3 Å². The Labute approximate surface area is 539 Å². The van der Waals surface area contributed by atoms with Gasteiger partial charge in [0.1, 0.15) is 0 Å². The molecule has 0 saturated heterocycles. The van der Waals surface area contributed by atoms with Crippen molar-refractivity contribution in [1.29, 1.82) is 0 Å². The fourth-order valence-corrected chi connectivity index (χ4v) is 12.7. The number of esters is 1. The number of unbranched alkanes of at least 4 members (excludes halogenated alkanes) is 62. The highest BCUT2D eigenvalue weighted by atomic mass is 16.5. The van der Waals surface area contributed by atoms with Crippen LogP contribution in [0.15, 0.2) is 24.3 Å². The van der Waals surface area contributed by atoms with Gasteiger partial charge in [-0.05, 0) is 57.8 Å². The Hall–Kier alpha value is -1.66. The summed E-state index contributed by atoms with van der Waals surface area (Å²) in [5.41, 5.74) is 0. The van der Waals surface area contributed by atoms with Gasteiger partial charge >= 0.3 is 5.97 Å². The molecule has 0 saturated carbocycles. The summed E-state index contributed by atoms with van der Waals surface area (Å²) in [6.45, 7) is 4.95. The van der Waals surface area contributed by atoms with Crippen molar-refractivity contribution < 1.29 is 24.5 Å². The van der Waals surface area contributed by atoms with Crippen LogP contribution in [-0.4, -0.2) is 47.4 Å². The molecular formula is C80H155NO5. The van der Waals surface area contributed by atoms with Gasteiger partial charge in [0.15, 0.2) is 0 Å². The molecule has 6 nitrogen and oxygen atoms in total. The summed E-state index contributed by atoms with van der Waals surface area (Å²) in [5.74, 6) is -0.0387. The van der Waals surface area contributed by atoms with E-state index in [0.717, 1.165) is 38.5 Å².